The quantitative estimate of drug-likeness (QED) is 0.492. The summed E-state index contributed by atoms with van der Waals surface area (Å²) in [5.74, 6) is -0.659. The number of alkyl halides is 3. The highest BCUT2D eigenvalue weighted by atomic mass is 32.2. The molecule has 1 unspecified atom stereocenters. The molecular formula is C21H19F3O5S. The van der Waals surface area contributed by atoms with Crippen molar-refractivity contribution in [1.29, 1.82) is 0 Å². The monoisotopic (exact) mass is 440 g/mol. The lowest BCUT2D eigenvalue weighted by Gasteiger charge is -2.24. The van der Waals surface area contributed by atoms with Crippen LogP contribution in [0.15, 0.2) is 48.6 Å². The molecule has 0 aliphatic heterocycles. The molecule has 0 fully saturated rings. The van der Waals surface area contributed by atoms with Crippen molar-refractivity contribution in [3.63, 3.8) is 0 Å². The fourth-order valence-corrected chi connectivity index (χ4v) is 4.20. The number of hydrogen-bond donors (Lipinski definition) is 2. The Morgan fingerprint density at radius 2 is 1.53 bits per heavy atom. The van der Waals surface area contributed by atoms with Gasteiger partial charge >= 0.3 is 15.6 Å². The van der Waals surface area contributed by atoms with Crippen LogP contribution >= 0.6 is 0 Å². The minimum Gasteiger partial charge on any atom is -0.508 e. The van der Waals surface area contributed by atoms with Gasteiger partial charge in [-0.05, 0) is 65.6 Å². The third kappa shape index (κ3) is 3.23. The number of hydrogen-bond acceptors (Lipinski definition) is 5. The van der Waals surface area contributed by atoms with Gasteiger partial charge in [-0.2, -0.15) is 21.6 Å². The van der Waals surface area contributed by atoms with Gasteiger partial charge in [0.15, 0.2) is 0 Å². The third-order valence-electron chi connectivity index (χ3n) is 4.88. The number of benzene rings is 2. The van der Waals surface area contributed by atoms with E-state index in [1.807, 2.05) is 20.8 Å². The lowest BCUT2D eigenvalue weighted by atomic mass is 9.78. The molecule has 160 valence electrons. The van der Waals surface area contributed by atoms with Gasteiger partial charge in [0, 0.05) is 5.56 Å². The molecule has 0 bridgehead atoms. The molecule has 30 heavy (non-hydrogen) atoms. The topological polar surface area (TPSA) is 83.8 Å². The number of aliphatic hydroxyl groups is 1. The van der Waals surface area contributed by atoms with Gasteiger partial charge in [-0.25, -0.2) is 0 Å². The second-order valence-corrected chi connectivity index (χ2v) is 8.18. The van der Waals surface area contributed by atoms with Gasteiger partial charge in [0.05, 0.1) is 5.41 Å². The van der Waals surface area contributed by atoms with Crippen molar-refractivity contribution in [1.82, 2.24) is 0 Å². The van der Waals surface area contributed by atoms with Crippen molar-refractivity contribution in [3.8, 4) is 11.5 Å². The number of phenols is 1. The summed E-state index contributed by atoms with van der Waals surface area (Å²) in [6.45, 7) is 5.82. The molecule has 9 heteroatoms. The zero-order valence-corrected chi connectivity index (χ0v) is 17.1. The van der Waals surface area contributed by atoms with Crippen LogP contribution in [0.25, 0.3) is 11.3 Å². The van der Waals surface area contributed by atoms with Crippen molar-refractivity contribution in [2.75, 3.05) is 0 Å². The van der Waals surface area contributed by atoms with E-state index in [1.165, 1.54) is 24.3 Å². The van der Waals surface area contributed by atoms with Crippen LogP contribution in [0.4, 0.5) is 13.2 Å². The number of halogens is 3. The van der Waals surface area contributed by atoms with Gasteiger partial charge in [-0.3, -0.25) is 0 Å². The van der Waals surface area contributed by atoms with Crippen molar-refractivity contribution in [2.45, 2.75) is 31.7 Å². The highest BCUT2D eigenvalue weighted by Gasteiger charge is 2.49. The van der Waals surface area contributed by atoms with Crippen molar-refractivity contribution >= 4 is 21.5 Å². The molecule has 2 N–H and O–H groups in total. The number of rotatable bonds is 2. The molecule has 0 heterocycles. The highest BCUT2D eigenvalue weighted by molar-refractivity contribution is 7.88. The largest absolute Gasteiger partial charge is 0.534 e. The fourth-order valence-electron chi connectivity index (χ4n) is 3.74. The molecule has 0 saturated carbocycles. The molecule has 0 saturated heterocycles. The molecule has 2 aromatic rings. The summed E-state index contributed by atoms with van der Waals surface area (Å²) in [5.41, 5.74) is -3.69. The Morgan fingerprint density at radius 1 is 0.933 bits per heavy atom. The number of aromatic hydroxyl groups is 1. The van der Waals surface area contributed by atoms with E-state index in [4.69, 9.17) is 0 Å². The molecular weight excluding hydrogens is 421 g/mol. The minimum absolute atomic E-state index is 0.0189. The molecule has 0 radical (unpaired) electrons. The molecule has 2 aliphatic carbocycles. The Kier molecular flexibility index (Phi) is 5.14. The van der Waals surface area contributed by atoms with Crippen LogP contribution in [-0.4, -0.2) is 24.1 Å². The van der Waals surface area contributed by atoms with E-state index in [1.54, 1.807) is 12.1 Å². The number of fused-ring (bicyclic) bond motifs is 4. The lowest BCUT2D eigenvalue weighted by molar-refractivity contribution is -0.0500. The van der Waals surface area contributed by atoms with Gasteiger partial charge in [-0.1, -0.05) is 26.0 Å². The van der Waals surface area contributed by atoms with E-state index in [2.05, 4.69) is 4.18 Å². The predicted octanol–water partition coefficient (Wildman–Crippen LogP) is 5.26. The Labute approximate surface area is 171 Å². The minimum atomic E-state index is -5.83. The van der Waals surface area contributed by atoms with Crippen LogP contribution < -0.4 is 4.18 Å². The van der Waals surface area contributed by atoms with Crippen LogP contribution in [-0.2, 0) is 15.5 Å². The van der Waals surface area contributed by atoms with Crippen LogP contribution in [0.2, 0.25) is 0 Å². The van der Waals surface area contributed by atoms with Crippen LogP contribution in [0.3, 0.4) is 0 Å². The van der Waals surface area contributed by atoms with Crippen LogP contribution in [0.1, 0.15) is 43.0 Å². The average Bonchev–Trinajstić information content (AvgIpc) is 3.09. The van der Waals surface area contributed by atoms with Crippen LogP contribution in [0.5, 0.6) is 11.5 Å². The zero-order valence-electron chi connectivity index (χ0n) is 16.3. The first-order valence-electron chi connectivity index (χ1n) is 9.05. The van der Waals surface area contributed by atoms with Crippen molar-refractivity contribution in [3.05, 3.63) is 70.8 Å². The summed E-state index contributed by atoms with van der Waals surface area (Å²) in [6.07, 6.45) is 3.30. The Bertz CT molecular complexity index is 1180. The van der Waals surface area contributed by atoms with E-state index in [-0.39, 0.29) is 11.5 Å². The standard InChI is InChI=1S/C19H13F3O5S.C2H6/c1-10-8-18(15-6-11(23)2-4-13(10)15)9-17(24)14-5-3-12(7-16(14)18)27-28(25,26)19(20,21)22;1-2/h2-9,23-24H,1H3;1-2H3. The number of phenolic OH excluding ortho intramolecular Hbond substituents is 1. The maximum atomic E-state index is 12.6. The van der Waals surface area contributed by atoms with E-state index in [0.717, 1.165) is 23.3 Å². The summed E-state index contributed by atoms with van der Waals surface area (Å²) in [4.78, 5) is 0. The molecule has 2 aromatic carbocycles. The van der Waals surface area contributed by atoms with Gasteiger partial charge in [-0.15, -0.1) is 0 Å². The molecule has 1 atom stereocenters. The molecule has 2 aliphatic rings. The predicted molar refractivity (Wildman–Crippen MR) is 107 cm³/mol. The molecule has 1 spiro atoms. The smallest absolute Gasteiger partial charge is 0.508 e. The first kappa shape index (κ1) is 21.8. The fraction of sp³-hybridized carbons (Fsp3) is 0.238. The number of aliphatic hydroxyl groups excluding tert-OH is 1. The zero-order chi connectivity index (χ0) is 22.5. The lowest BCUT2D eigenvalue weighted by Crippen LogP contribution is -2.28. The second-order valence-electron chi connectivity index (χ2n) is 6.65. The summed E-state index contributed by atoms with van der Waals surface area (Å²) < 4.78 is 64.8. The Morgan fingerprint density at radius 3 is 2.17 bits per heavy atom. The molecule has 4 rings (SSSR count). The van der Waals surface area contributed by atoms with E-state index in [9.17, 15) is 31.8 Å². The van der Waals surface area contributed by atoms with Gasteiger partial charge in [0.2, 0.25) is 0 Å². The average molecular weight is 440 g/mol. The first-order chi connectivity index (χ1) is 13.9. The van der Waals surface area contributed by atoms with Gasteiger partial charge < -0.3 is 14.4 Å². The summed E-state index contributed by atoms with van der Waals surface area (Å²) in [6, 6.07) is 8.19. The second kappa shape index (κ2) is 7.09. The maximum absolute atomic E-state index is 12.6. The summed E-state index contributed by atoms with van der Waals surface area (Å²) in [5, 5.41) is 20.3. The Balaban J connectivity index is 0.00000124. The maximum Gasteiger partial charge on any atom is 0.534 e. The summed E-state index contributed by atoms with van der Waals surface area (Å²) in [7, 11) is -5.83. The molecule has 0 aromatic heterocycles. The van der Waals surface area contributed by atoms with Gasteiger partial charge in [0.25, 0.3) is 0 Å². The van der Waals surface area contributed by atoms with Gasteiger partial charge in [0.1, 0.15) is 17.3 Å². The van der Waals surface area contributed by atoms with Crippen molar-refractivity contribution in [2.24, 2.45) is 0 Å². The van der Waals surface area contributed by atoms with E-state index in [0.29, 0.717) is 16.7 Å². The number of allylic oxidation sites excluding steroid dienone is 3. The van der Waals surface area contributed by atoms with E-state index >= 15 is 0 Å². The van der Waals surface area contributed by atoms with Crippen molar-refractivity contribution < 1.29 is 36.0 Å². The SMILES string of the molecule is CC.CC1=CC2(C=C(O)c3ccc(OS(=O)(=O)C(F)(F)F)cc32)c2cc(O)ccc21. The first-order valence-corrected chi connectivity index (χ1v) is 10.5. The molecule has 5 nitrogen and oxygen atoms in total. The van der Waals surface area contributed by atoms with Crippen LogP contribution in [0, 0.1) is 0 Å². The Hall–Kier alpha value is -2.94. The third-order valence-corrected chi connectivity index (χ3v) is 5.86. The normalized spacial score (nSPS) is 19.4. The summed E-state index contributed by atoms with van der Waals surface area (Å²) >= 11 is 0. The van der Waals surface area contributed by atoms with E-state index < -0.39 is 26.8 Å². The highest BCUT2D eigenvalue weighted by Crippen LogP contribution is 2.53. The molecule has 0 amide bonds.